The number of hydrogen-bond acceptors (Lipinski definition) is 10. The average molecular weight is 512 g/mol. The Hall–Kier alpha value is -4.10. The number of nitrogens with one attached hydrogen (secondary N) is 1. The molecule has 0 amide bonds. The van der Waals surface area contributed by atoms with E-state index < -0.39 is 21.4 Å². The van der Waals surface area contributed by atoms with Gasteiger partial charge in [-0.25, -0.2) is 8.42 Å². The fraction of sp³-hybridized carbons (Fsp3) is 0.261. The number of benzene rings is 1. The summed E-state index contributed by atoms with van der Waals surface area (Å²) in [7, 11) is -1.23. The topological polar surface area (TPSA) is 154 Å². The molecule has 0 fully saturated rings. The van der Waals surface area contributed by atoms with Crippen LogP contribution in [-0.2, 0) is 10.0 Å². The summed E-state index contributed by atoms with van der Waals surface area (Å²) in [6.07, 6.45) is 1.74. The first kappa shape index (κ1) is 25.0. The fourth-order valence-electron chi connectivity index (χ4n) is 3.49. The minimum atomic E-state index is -4.20. The van der Waals surface area contributed by atoms with Gasteiger partial charge >= 0.3 is 0 Å². The van der Waals surface area contributed by atoms with Crippen LogP contribution in [0.4, 0.5) is 5.95 Å². The normalized spacial score (nSPS) is 13.1. The van der Waals surface area contributed by atoms with Gasteiger partial charge in [0.15, 0.2) is 5.82 Å². The second-order valence-electron chi connectivity index (χ2n) is 7.83. The van der Waals surface area contributed by atoms with Crippen molar-refractivity contribution in [2.45, 2.75) is 25.2 Å². The lowest BCUT2D eigenvalue weighted by Crippen LogP contribution is -2.32. The molecule has 0 radical (unpaired) electrons. The van der Waals surface area contributed by atoms with E-state index in [1.54, 1.807) is 55.7 Å². The van der Waals surface area contributed by atoms with Crippen LogP contribution in [0.3, 0.4) is 0 Å². The highest BCUT2D eigenvalue weighted by Crippen LogP contribution is 2.37. The molecule has 3 aromatic heterocycles. The number of methoxy groups -OCH3 is 2. The largest absolute Gasteiger partial charge is 0.494 e. The number of nitrogens with zero attached hydrogens (tertiary/aromatic N) is 6. The predicted molar refractivity (Wildman–Crippen MR) is 131 cm³/mol. The van der Waals surface area contributed by atoms with Crippen LogP contribution >= 0.6 is 0 Å². The van der Waals surface area contributed by atoms with Gasteiger partial charge in [0.1, 0.15) is 28.5 Å². The number of aliphatic hydroxyl groups is 1. The van der Waals surface area contributed by atoms with Crippen molar-refractivity contribution < 1.29 is 23.0 Å². The highest BCUT2D eigenvalue weighted by Gasteiger charge is 2.33. The quantitative estimate of drug-likeness (QED) is 0.342. The van der Waals surface area contributed by atoms with Crippen molar-refractivity contribution in [2.75, 3.05) is 18.9 Å². The van der Waals surface area contributed by atoms with E-state index in [1.807, 2.05) is 0 Å². The number of rotatable bonds is 9. The van der Waals surface area contributed by atoms with Crippen LogP contribution in [0.1, 0.15) is 24.4 Å². The summed E-state index contributed by atoms with van der Waals surface area (Å²) in [5.74, 6) is 0.942. The lowest BCUT2D eigenvalue weighted by atomic mass is 10.2. The summed E-state index contributed by atoms with van der Waals surface area (Å²) in [5, 5.41) is 25.5. The van der Waals surface area contributed by atoms with E-state index in [4.69, 9.17) is 9.47 Å². The van der Waals surface area contributed by atoms with E-state index in [2.05, 4.69) is 30.1 Å². The van der Waals surface area contributed by atoms with Gasteiger partial charge < -0.3 is 14.6 Å². The van der Waals surface area contributed by atoms with E-state index in [-0.39, 0.29) is 11.6 Å². The monoisotopic (exact) mass is 511 g/mol. The summed E-state index contributed by atoms with van der Waals surface area (Å²) in [6.45, 7) is 3.10. The summed E-state index contributed by atoms with van der Waals surface area (Å²) < 4.78 is 41.7. The molecule has 0 saturated heterocycles. The van der Waals surface area contributed by atoms with Crippen LogP contribution in [0.5, 0.6) is 11.5 Å². The lowest BCUT2D eigenvalue weighted by Gasteiger charge is -2.21. The Morgan fingerprint density at radius 2 is 1.69 bits per heavy atom. The van der Waals surface area contributed by atoms with E-state index >= 15 is 0 Å². The minimum absolute atomic E-state index is 0.127. The molecular weight excluding hydrogens is 486 g/mol. The number of ether oxygens (including phenoxy) is 2. The van der Waals surface area contributed by atoms with Gasteiger partial charge in [0, 0.05) is 18.0 Å². The van der Waals surface area contributed by atoms with Crippen molar-refractivity contribution in [3.8, 4) is 28.6 Å². The number of pyridine rings is 1. The molecular formula is C23H25N7O5S. The molecule has 0 bridgehead atoms. The first-order valence-electron chi connectivity index (χ1n) is 10.8. The van der Waals surface area contributed by atoms with E-state index in [1.165, 1.54) is 31.8 Å². The van der Waals surface area contributed by atoms with E-state index in [0.29, 0.717) is 34.3 Å². The Morgan fingerprint density at radius 3 is 2.28 bits per heavy atom. The van der Waals surface area contributed by atoms with Gasteiger partial charge in [0.2, 0.25) is 16.0 Å². The smallest absolute Gasteiger partial charge is 0.243 e. The Morgan fingerprint density at radius 1 is 0.972 bits per heavy atom. The van der Waals surface area contributed by atoms with Gasteiger partial charge in [-0.2, -0.15) is 10.2 Å². The molecule has 36 heavy (non-hydrogen) atoms. The summed E-state index contributed by atoms with van der Waals surface area (Å²) in [6, 6.07) is 11.8. The third kappa shape index (κ3) is 4.83. The van der Waals surface area contributed by atoms with Crippen molar-refractivity contribution in [1.82, 2.24) is 29.9 Å². The maximum Gasteiger partial charge on any atom is 0.243 e. The predicted octanol–water partition coefficient (Wildman–Crippen LogP) is 2.31. The van der Waals surface area contributed by atoms with E-state index in [9.17, 15) is 13.5 Å². The van der Waals surface area contributed by atoms with Crippen molar-refractivity contribution in [3.63, 3.8) is 0 Å². The van der Waals surface area contributed by atoms with Gasteiger partial charge in [0.25, 0.3) is 0 Å². The zero-order chi connectivity index (χ0) is 25.9. The molecule has 0 aliphatic rings. The minimum Gasteiger partial charge on any atom is -0.494 e. The SMILES string of the molecule is COc1cccc(OC)c1-n1c(NS(=O)(=O)[C@@H](C)[C@@H](O)c2ccc(C)nn2)nnc1-c1cccnc1. The number of aryl methyl sites for hydroxylation is 1. The summed E-state index contributed by atoms with van der Waals surface area (Å²) in [5.41, 5.74) is 1.72. The molecule has 13 heteroatoms. The number of anilines is 1. The summed E-state index contributed by atoms with van der Waals surface area (Å²) in [4.78, 5) is 4.13. The Kier molecular flexibility index (Phi) is 7.12. The molecule has 12 nitrogen and oxygen atoms in total. The third-order valence-electron chi connectivity index (χ3n) is 5.50. The van der Waals surface area contributed by atoms with Crippen LogP contribution in [0, 0.1) is 6.92 Å². The van der Waals surface area contributed by atoms with Crippen molar-refractivity contribution in [2.24, 2.45) is 0 Å². The van der Waals surface area contributed by atoms with Gasteiger partial charge in [-0.3, -0.25) is 14.3 Å². The second-order valence-corrected chi connectivity index (χ2v) is 9.87. The second kappa shape index (κ2) is 10.3. The molecule has 4 rings (SSSR count). The maximum atomic E-state index is 13.3. The van der Waals surface area contributed by atoms with Gasteiger partial charge in [-0.1, -0.05) is 6.07 Å². The lowest BCUT2D eigenvalue weighted by molar-refractivity contribution is 0.170. The Labute approximate surface area is 208 Å². The highest BCUT2D eigenvalue weighted by molar-refractivity contribution is 7.93. The van der Waals surface area contributed by atoms with Crippen LogP contribution < -0.4 is 14.2 Å². The number of sulfonamides is 1. The molecule has 0 aliphatic carbocycles. The van der Waals surface area contributed by atoms with Gasteiger partial charge in [-0.05, 0) is 50.2 Å². The molecule has 0 aliphatic heterocycles. The van der Waals surface area contributed by atoms with Gasteiger partial charge in [-0.15, -0.1) is 10.2 Å². The molecule has 188 valence electrons. The Balaban J connectivity index is 1.81. The Bertz CT molecular complexity index is 1420. The fourth-order valence-corrected chi connectivity index (χ4v) is 4.54. The molecule has 2 N–H and O–H groups in total. The van der Waals surface area contributed by atoms with Crippen molar-refractivity contribution >= 4 is 16.0 Å². The molecule has 3 heterocycles. The maximum absolute atomic E-state index is 13.3. The number of aliphatic hydroxyl groups excluding tert-OH is 1. The first-order valence-corrected chi connectivity index (χ1v) is 12.4. The number of hydrogen-bond donors (Lipinski definition) is 2. The number of aromatic nitrogens is 6. The first-order chi connectivity index (χ1) is 17.3. The average Bonchev–Trinajstić information content (AvgIpc) is 3.30. The van der Waals surface area contributed by atoms with Crippen LogP contribution in [0.25, 0.3) is 17.1 Å². The standard InChI is InChI=1S/C23H25N7O5S/c1-14-10-11-17(26-25-14)21(31)15(2)36(32,33)29-23-28-27-22(16-7-6-12-24-13-16)30(23)20-18(34-3)8-5-9-19(20)35-4/h5-13,15,21,31H,1-4H3,(H,28,29)/t15-,21+/m0/s1. The van der Waals surface area contributed by atoms with Crippen LogP contribution in [0.2, 0.25) is 0 Å². The molecule has 2 atom stereocenters. The zero-order valence-electron chi connectivity index (χ0n) is 20.0. The van der Waals surface area contributed by atoms with Crippen molar-refractivity contribution in [3.05, 3.63) is 66.2 Å². The zero-order valence-corrected chi connectivity index (χ0v) is 20.8. The molecule has 0 unspecified atom stereocenters. The molecule has 0 spiro atoms. The van der Waals surface area contributed by atoms with Crippen LogP contribution in [0.15, 0.2) is 54.9 Å². The third-order valence-corrected chi connectivity index (χ3v) is 7.20. The van der Waals surface area contributed by atoms with Crippen LogP contribution in [-0.4, -0.2) is 62.9 Å². The van der Waals surface area contributed by atoms with E-state index in [0.717, 1.165) is 0 Å². The molecule has 0 saturated carbocycles. The summed E-state index contributed by atoms with van der Waals surface area (Å²) >= 11 is 0. The highest BCUT2D eigenvalue weighted by atomic mass is 32.2. The van der Waals surface area contributed by atoms with Gasteiger partial charge in [0.05, 0.1) is 25.6 Å². The molecule has 1 aromatic carbocycles. The van der Waals surface area contributed by atoms with Crippen molar-refractivity contribution in [1.29, 1.82) is 0 Å². The molecule has 4 aromatic rings. The number of para-hydroxylation sites is 1.